The number of nitrogens with one attached hydrogen (secondary N) is 1. The van der Waals surface area contributed by atoms with E-state index in [-0.39, 0.29) is 6.10 Å². The zero-order chi connectivity index (χ0) is 14.0. The first-order chi connectivity index (χ1) is 9.92. The number of ether oxygens (including phenoxy) is 2. The first-order valence-electron chi connectivity index (χ1n) is 7.78. The van der Waals surface area contributed by atoms with Crippen LogP contribution < -0.4 is 5.32 Å². The van der Waals surface area contributed by atoms with E-state index in [1.54, 1.807) is 7.11 Å². The van der Waals surface area contributed by atoms with E-state index in [0.717, 1.165) is 39.1 Å². The van der Waals surface area contributed by atoms with Crippen molar-refractivity contribution in [2.45, 2.75) is 31.8 Å². The minimum absolute atomic E-state index is 0.228. The average molecular weight is 277 g/mol. The largest absolute Gasteiger partial charge is 0.385 e. The van der Waals surface area contributed by atoms with Gasteiger partial charge in [-0.1, -0.05) is 30.3 Å². The van der Waals surface area contributed by atoms with Crippen molar-refractivity contribution in [1.82, 2.24) is 5.32 Å². The van der Waals surface area contributed by atoms with Crippen molar-refractivity contribution in [2.24, 2.45) is 5.92 Å². The highest BCUT2D eigenvalue weighted by molar-refractivity contribution is 5.18. The molecule has 112 valence electrons. The zero-order valence-corrected chi connectivity index (χ0v) is 12.5. The molecule has 0 bridgehead atoms. The molecule has 2 rings (SSSR count). The number of methoxy groups -OCH3 is 1. The van der Waals surface area contributed by atoms with Crippen LogP contribution in [0.4, 0.5) is 0 Å². The van der Waals surface area contributed by atoms with Crippen LogP contribution in [0.25, 0.3) is 0 Å². The summed E-state index contributed by atoms with van der Waals surface area (Å²) in [5, 5.41) is 3.50. The lowest BCUT2D eigenvalue weighted by Crippen LogP contribution is -2.34. The van der Waals surface area contributed by atoms with Gasteiger partial charge >= 0.3 is 0 Å². The Morgan fingerprint density at radius 1 is 1.20 bits per heavy atom. The summed E-state index contributed by atoms with van der Waals surface area (Å²) in [6, 6.07) is 10.7. The number of unbranched alkanes of at least 4 members (excludes halogenated alkanes) is 1. The Hall–Kier alpha value is -0.900. The molecule has 1 aromatic rings. The minimum atomic E-state index is 0.228. The lowest BCUT2D eigenvalue weighted by molar-refractivity contribution is -0.000557. The van der Waals surface area contributed by atoms with E-state index in [4.69, 9.17) is 9.47 Å². The molecular formula is C17H27NO2. The van der Waals surface area contributed by atoms with Crippen LogP contribution in [-0.2, 0) is 9.47 Å². The second-order valence-corrected chi connectivity index (χ2v) is 5.51. The van der Waals surface area contributed by atoms with Crippen molar-refractivity contribution in [3.63, 3.8) is 0 Å². The number of hydrogen-bond acceptors (Lipinski definition) is 3. The van der Waals surface area contributed by atoms with Crippen molar-refractivity contribution < 1.29 is 9.47 Å². The van der Waals surface area contributed by atoms with Gasteiger partial charge < -0.3 is 14.8 Å². The lowest BCUT2D eigenvalue weighted by atomic mass is 9.89. The van der Waals surface area contributed by atoms with Gasteiger partial charge in [-0.25, -0.2) is 0 Å². The Morgan fingerprint density at radius 3 is 2.70 bits per heavy atom. The smallest absolute Gasteiger partial charge is 0.0865 e. The Kier molecular flexibility index (Phi) is 7.06. The third-order valence-corrected chi connectivity index (χ3v) is 3.93. The maximum absolute atomic E-state index is 6.22. The third kappa shape index (κ3) is 4.89. The maximum Gasteiger partial charge on any atom is 0.0865 e. The molecule has 0 aliphatic carbocycles. The molecule has 0 spiro atoms. The Labute approximate surface area is 122 Å². The number of rotatable bonds is 8. The quantitative estimate of drug-likeness (QED) is 0.740. The van der Waals surface area contributed by atoms with Gasteiger partial charge in [0.1, 0.15) is 0 Å². The number of hydrogen-bond donors (Lipinski definition) is 1. The van der Waals surface area contributed by atoms with Crippen LogP contribution in [0.2, 0.25) is 0 Å². The van der Waals surface area contributed by atoms with E-state index in [2.05, 4.69) is 35.6 Å². The highest BCUT2D eigenvalue weighted by Gasteiger charge is 2.25. The van der Waals surface area contributed by atoms with Crippen LogP contribution in [0, 0.1) is 5.92 Å². The van der Waals surface area contributed by atoms with Crippen molar-refractivity contribution >= 4 is 0 Å². The molecule has 0 radical (unpaired) electrons. The fourth-order valence-electron chi connectivity index (χ4n) is 2.84. The molecule has 3 nitrogen and oxygen atoms in total. The van der Waals surface area contributed by atoms with Gasteiger partial charge in [-0.15, -0.1) is 0 Å². The van der Waals surface area contributed by atoms with Gasteiger partial charge in [-0.05, 0) is 37.8 Å². The Balaban J connectivity index is 1.90. The van der Waals surface area contributed by atoms with E-state index in [9.17, 15) is 0 Å². The zero-order valence-electron chi connectivity index (χ0n) is 12.5. The van der Waals surface area contributed by atoms with Gasteiger partial charge in [0.25, 0.3) is 0 Å². The molecule has 0 saturated carbocycles. The van der Waals surface area contributed by atoms with Gasteiger partial charge in [0.05, 0.1) is 6.10 Å². The average Bonchev–Trinajstić information content (AvgIpc) is 2.53. The van der Waals surface area contributed by atoms with Crippen molar-refractivity contribution in [2.75, 3.05) is 33.4 Å². The van der Waals surface area contributed by atoms with Crippen LogP contribution >= 0.6 is 0 Å². The molecule has 20 heavy (non-hydrogen) atoms. The Bertz CT molecular complexity index is 349. The van der Waals surface area contributed by atoms with Gasteiger partial charge in [0, 0.05) is 32.8 Å². The molecular weight excluding hydrogens is 250 g/mol. The summed E-state index contributed by atoms with van der Waals surface area (Å²) >= 11 is 0. The van der Waals surface area contributed by atoms with Crippen molar-refractivity contribution in [1.29, 1.82) is 0 Å². The van der Waals surface area contributed by atoms with Crippen LogP contribution in [-0.4, -0.2) is 33.4 Å². The number of benzene rings is 1. The summed E-state index contributed by atoms with van der Waals surface area (Å²) in [7, 11) is 1.75. The molecule has 0 aromatic heterocycles. The summed E-state index contributed by atoms with van der Waals surface area (Å²) < 4.78 is 11.3. The summed E-state index contributed by atoms with van der Waals surface area (Å²) in [6.07, 6.45) is 4.87. The molecule has 2 atom stereocenters. The highest BCUT2D eigenvalue weighted by Crippen LogP contribution is 2.30. The summed E-state index contributed by atoms with van der Waals surface area (Å²) in [4.78, 5) is 0. The molecule has 3 heteroatoms. The van der Waals surface area contributed by atoms with E-state index in [1.165, 1.54) is 18.4 Å². The molecule has 1 aliphatic rings. The first-order valence-corrected chi connectivity index (χ1v) is 7.78. The highest BCUT2D eigenvalue weighted by atomic mass is 16.5. The fraction of sp³-hybridized carbons (Fsp3) is 0.647. The predicted octanol–water partition coefficient (Wildman–Crippen LogP) is 3.17. The molecule has 1 aromatic carbocycles. The maximum atomic E-state index is 6.22. The molecule has 1 heterocycles. The second-order valence-electron chi connectivity index (χ2n) is 5.51. The second kappa shape index (κ2) is 9.11. The molecule has 1 N–H and O–H groups in total. The monoisotopic (exact) mass is 277 g/mol. The van der Waals surface area contributed by atoms with Gasteiger partial charge in [0.15, 0.2) is 0 Å². The van der Waals surface area contributed by atoms with E-state index in [1.807, 2.05) is 0 Å². The SMILES string of the molecule is COCCCCOC(c1ccccc1)[C@@H]1CCCNC1. The molecule has 1 aliphatic heterocycles. The lowest BCUT2D eigenvalue weighted by Gasteiger charge is -2.31. The standard InChI is InChI=1S/C17H27NO2/c1-19-12-5-6-13-20-17(15-8-3-2-4-9-15)16-10-7-11-18-14-16/h2-4,8-9,16-18H,5-7,10-14H2,1H3/t16-,17?/m1/s1. The van der Waals surface area contributed by atoms with E-state index in [0.29, 0.717) is 5.92 Å². The van der Waals surface area contributed by atoms with Crippen molar-refractivity contribution in [3.8, 4) is 0 Å². The first kappa shape index (κ1) is 15.5. The van der Waals surface area contributed by atoms with Crippen molar-refractivity contribution in [3.05, 3.63) is 35.9 Å². The normalized spacial score (nSPS) is 20.8. The Morgan fingerprint density at radius 2 is 2.00 bits per heavy atom. The topological polar surface area (TPSA) is 30.5 Å². The van der Waals surface area contributed by atoms with E-state index < -0.39 is 0 Å². The number of piperidine rings is 1. The molecule has 1 fully saturated rings. The predicted molar refractivity (Wildman–Crippen MR) is 81.8 cm³/mol. The molecule has 0 amide bonds. The van der Waals surface area contributed by atoms with E-state index >= 15 is 0 Å². The fourth-order valence-corrected chi connectivity index (χ4v) is 2.84. The summed E-state index contributed by atoms with van der Waals surface area (Å²) in [5.41, 5.74) is 1.31. The van der Waals surface area contributed by atoms with Crippen LogP contribution in [0.1, 0.15) is 37.4 Å². The van der Waals surface area contributed by atoms with Crippen LogP contribution in [0.15, 0.2) is 30.3 Å². The molecule has 1 saturated heterocycles. The van der Waals surface area contributed by atoms with Crippen LogP contribution in [0.3, 0.4) is 0 Å². The van der Waals surface area contributed by atoms with Gasteiger partial charge in [-0.3, -0.25) is 0 Å². The van der Waals surface area contributed by atoms with Gasteiger partial charge in [0.2, 0.25) is 0 Å². The summed E-state index contributed by atoms with van der Waals surface area (Å²) in [6.45, 7) is 3.85. The van der Waals surface area contributed by atoms with Crippen LogP contribution in [0.5, 0.6) is 0 Å². The molecule has 1 unspecified atom stereocenters. The minimum Gasteiger partial charge on any atom is -0.385 e. The third-order valence-electron chi connectivity index (χ3n) is 3.93. The van der Waals surface area contributed by atoms with Gasteiger partial charge in [-0.2, -0.15) is 0 Å². The summed E-state index contributed by atoms with van der Waals surface area (Å²) in [5.74, 6) is 0.591.